The number of halogens is 4. The Morgan fingerprint density at radius 2 is 1.37 bits per heavy atom. The molecule has 1 saturated heterocycles. The predicted octanol–water partition coefficient (Wildman–Crippen LogP) is 9.29. The number of ether oxygens (including phenoxy) is 1. The van der Waals surface area contributed by atoms with Crippen LogP contribution in [0.4, 0.5) is 17.6 Å². The second-order valence-corrected chi connectivity index (χ2v) is 11.8. The molecule has 0 bridgehead atoms. The summed E-state index contributed by atoms with van der Waals surface area (Å²) in [5, 5.41) is 0. The van der Waals surface area contributed by atoms with Gasteiger partial charge in [0.15, 0.2) is 0 Å². The molecule has 2 unspecified atom stereocenters. The average Bonchev–Trinajstić information content (AvgIpc) is 2.85. The van der Waals surface area contributed by atoms with Crippen LogP contribution in [0.25, 0.3) is 0 Å². The van der Waals surface area contributed by atoms with E-state index in [0.717, 1.165) is 43.1 Å². The first-order valence-corrected chi connectivity index (χ1v) is 14.2. The Labute approximate surface area is 209 Å². The second kappa shape index (κ2) is 12.0. The largest absolute Gasteiger partial charge is 0.419 e. The van der Waals surface area contributed by atoms with Crippen molar-refractivity contribution < 1.29 is 22.3 Å². The molecule has 5 heteroatoms. The van der Waals surface area contributed by atoms with Gasteiger partial charge in [0.1, 0.15) is 5.82 Å². The van der Waals surface area contributed by atoms with Crippen LogP contribution in [0.15, 0.2) is 12.1 Å². The fourth-order valence-corrected chi connectivity index (χ4v) is 7.42. The van der Waals surface area contributed by atoms with E-state index in [1.165, 1.54) is 83.3 Å². The summed E-state index contributed by atoms with van der Waals surface area (Å²) in [4.78, 5) is 0. The predicted molar refractivity (Wildman–Crippen MR) is 133 cm³/mol. The molecule has 1 aliphatic heterocycles. The van der Waals surface area contributed by atoms with E-state index in [4.69, 9.17) is 4.74 Å². The first-order chi connectivity index (χ1) is 16.8. The second-order valence-electron chi connectivity index (χ2n) is 11.8. The maximum atomic E-state index is 14.2. The lowest BCUT2D eigenvalue weighted by Crippen LogP contribution is -2.34. The minimum absolute atomic E-state index is 0.0219. The molecular formula is C30H44F4O. The fourth-order valence-electron chi connectivity index (χ4n) is 7.42. The highest BCUT2D eigenvalue weighted by Crippen LogP contribution is 2.45. The molecule has 1 aromatic carbocycles. The molecule has 198 valence electrons. The van der Waals surface area contributed by atoms with Gasteiger partial charge in [-0.3, -0.25) is 0 Å². The van der Waals surface area contributed by atoms with Crippen molar-refractivity contribution in [3.63, 3.8) is 0 Å². The van der Waals surface area contributed by atoms with Crippen LogP contribution in [-0.4, -0.2) is 12.7 Å². The van der Waals surface area contributed by atoms with Crippen LogP contribution in [0.2, 0.25) is 0 Å². The lowest BCUT2D eigenvalue weighted by molar-refractivity contribution is -0.140. The first kappa shape index (κ1) is 26.9. The Bertz CT molecular complexity index is 795. The zero-order chi connectivity index (χ0) is 25.0. The maximum absolute atomic E-state index is 14.2. The van der Waals surface area contributed by atoms with Crippen LogP contribution in [0.1, 0.15) is 107 Å². The molecule has 35 heavy (non-hydrogen) atoms. The molecule has 4 rings (SSSR count). The summed E-state index contributed by atoms with van der Waals surface area (Å²) >= 11 is 0. The van der Waals surface area contributed by atoms with Crippen molar-refractivity contribution in [1.29, 1.82) is 0 Å². The SMILES string of the molecule is CCCC1CCC(C2CCC(C3CCC(CCc4ccc(C)c(F)c4C(F)(F)F)OC3)CC2)CC1. The van der Waals surface area contributed by atoms with Gasteiger partial charge in [-0.2, -0.15) is 13.2 Å². The summed E-state index contributed by atoms with van der Waals surface area (Å²) in [6, 6.07) is 2.88. The first-order valence-electron chi connectivity index (χ1n) is 14.2. The van der Waals surface area contributed by atoms with E-state index in [9.17, 15) is 17.6 Å². The lowest BCUT2D eigenvalue weighted by atomic mass is 9.66. The van der Waals surface area contributed by atoms with Crippen molar-refractivity contribution in [3.8, 4) is 0 Å². The monoisotopic (exact) mass is 496 g/mol. The highest BCUT2D eigenvalue weighted by Gasteiger charge is 2.38. The Kier molecular flexibility index (Phi) is 9.21. The molecule has 1 nitrogen and oxygen atoms in total. The van der Waals surface area contributed by atoms with Gasteiger partial charge in [0.2, 0.25) is 0 Å². The molecular weight excluding hydrogens is 452 g/mol. The quantitative estimate of drug-likeness (QED) is 0.342. The minimum atomic E-state index is -4.67. The van der Waals surface area contributed by atoms with Crippen LogP contribution >= 0.6 is 0 Å². The number of aryl methyl sites for hydroxylation is 2. The number of alkyl halides is 3. The molecule has 0 spiro atoms. The molecule has 2 aliphatic carbocycles. The van der Waals surface area contributed by atoms with Gasteiger partial charge in [-0.1, -0.05) is 44.7 Å². The van der Waals surface area contributed by atoms with Crippen LogP contribution in [0, 0.1) is 42.3 Å². The van der Waals surface area contributed by atoms with Crippen LogP contribution in [0.3, 0.4) is 0 Å². The third-order valence-electron chi connectivity index (χ3n) is 9.58. The summed E-state index contributed by atoms with van der Waals surface area (Å²) < 4.78 is 60.7. The molecule has 1 aromatic rings. The number of hydrogen-bond acceptors (Lipinski definition) is 1. The molecule has 0 radical (unpaired) electrons. The zero-order valence-corrected chi connectivity index (χ0v) is 21.6. The summed E-state index contributed by atoms with van der Waals surface area (Å²) in [6.07, 6.45) is 11.9. The van der Waals surface area contributed by atoms with Gasteiger partial charge in [-0.15, -0.1) is 0 Å². The molecule has 0 amide bonds. The Morgan fingerprint density at radius 3 is 1.91 bits per heavy atom. The molecule has 1 heterocycles. The van der Waals surface area contributed by atoms with E-state index in [-0.39, 0.29) is 23.7 Å². The van der Waals surface area contributed by atoms with Gasteiger partial charge >= 0.3 is 6.18 Å². The van der Waals surface area contributed by atoms with Crippen LogP contribution in [-0.2, 0) is 17.3 Å². The van der Waals surface area contributed by atoms with Crippen molar-refractivity contribution in [2.75, 3.05) is 6.61 Å². The fraction of sp³-hybridized carbons (Fsp3) is 0.800. The molecule has 3 fully saturated rings. The van der Waals surface area contributed by atoms with Gasteiger partial charge in [0, 0.05) is 0 Å². The Balaban J connectivity index is 1.20. The highest BCUT2D eigenvalue weighted by atomic mass is 19.4. The topological polar surface area (TPSA) is 9.23 Å². The Hall–Kier alpha value is -1.10. The third-order valence-corrected chi connectivity index (χ3v) is 9.58. The van der Waals surface area contributed by atoms with Crippen molar-refractivity contribution in [2.45, 2.75) is 116 Å². The molecule has 2 saturated carbocycles. The summed E-state index contributed by atoms with van der Waals surface area (Å²) in [5.74, 6) is 3.05. The maximum Gasteiger partial charge on any atom is 0.419 e. The standard InChI is InChI=1S/C30H44F4O/c1-3-4-21-6-9-22(10-7-21)23-11-13-24(14-12-23)26-16-18-27(35-19-26)17-15-25-8-5-20(2)29(31)28(25)30(32,33)34/h5,8,21-24,26-27H,3-4,6-7,9-19H2,1-2H3. The van der Waals surface area contributed by atoms with Gasteiger partial charge < -0.3 is 4.74 Å². The van der Waals surface area contributed by atoms with E-state index < -0.39 is 17.6 Å². The van der Waals surface area contributed by atoms with Gasteiger partial charge in [0.25, 0.3) is 0 Å². The lowest BCUT2D eigenvalue weighted by Gasteiger charge is -2.41. The van der Waals surface area contributed by atoms with Gasteiger partial charge in [-0.05, 0) is 112 Å². The third kappa shape index (κ3) is 6.81. The number of hydrogen-bond donors (Lipinski definition) is 0. The van der Waals surface area contributed by atoms with E-state index in [1.54, 1.807) is 0 Å². The van der Waals surface area contributed by atoms with Crippen molar-refractivity contribution in [3.05, 3.63) is 34.6 Å². The number of benzene rings is 1. The van der Waals surface area contributed by atoms with Gasteiger partial charge in [0.05, 0.1) is 18.3 Å². The van der Waals surface area contributed by atoms with E-state index in [2.05, 4.69) is 6.92 Å². The average molecular weight is 497 g/mol. The smallest absolute Gasteiger partial charge is 0.378 e. The molecule has 3 aliphatic rings. The molecule has 0 N–H and O–H groups in total. The van der Waals surface area contributed by atoms with Crippen LogP contribution < -0.4 is 0 Å². The van der Waals surface area contributed by atoms with E-state index >= 15 is 0 Å². The zero-order valence-electron chi connectivity index (χ0n) is 21.6. The van der Waals surface area contributed by atoms with Crippen LogP contribution in [0.5, 0.6) is 0 Å². The summed E-state index contributed by atoms with van der Waals surface area (Å²) in [5.41, 5.74) is -1.01. The minimum Gasteiger partial charge on any atom is -0.378 e. The van der Waals surface area contributed by atoms with Crippen molar-refractivity contribution >= 4 is 0 Å². The van der Waals surface area contributed by atoms with Crippen molar-refractivity contribution in [1.82, 2.24) is 0 Å². The van der Waals surface area contributed by atoms with Gasteiger partial charge in [-0.25, -0.2) is 4.39 Å². The van der Waals surface area contributed by atoms with E-state index in [0.29, 0.717) is 12.3 Å². The summed E-state index contributed by atoms with van der Waals surface area (Å²) in [7, 11) is 0. The van der Waals surface area contributed by atoms with Crippen molar-refractivity contribution in [2.24, 2.45) is 29.6 Å². The normalized spacial score (nSPS) is 32.5. The molecule has 2 atom stereocenters. The molecule has 0 aromatic heterocycles. The highest BCUT2D eigenvalue weighted by molar-refractivity contribution is 5.35. The Morgan fingerprint density at radius 1 is 0.800 bits per heavy atom. The summed E-state index contributed by atoms with van der Waals surface area (Å²) in [6.45, 7) is 4.42. The van der Waals surface area contributed by atoms with E-state index in [1.807, 2.05) is 0 Å². The number of rotatable bonds is 7.